The molecule has 11 nitrogen and oxygen atoms in total. The Kier molecular flexibility index (Phi) is 6.60. The molecule has 0 bridgehead atoms. The number of rotatable bonds is 5. The second-order valence-corrected chi connectivity index (χ2v) is 7.72. The smallest absolute Gasteiger partial charge is 0.303 e. The maximum Gasteiger partial charge on any atom is 0.303 e. The lowest BCUT2D eigenvalue weighted by molar-refractivity contribution is -0.385. The van der Waals surface area contributed by atoms with Gasteiger partial charge in [0.05, 0.1) is 21.5 Å². The monoisotopic (exact) mass is 498 g/mol. The Morgan fingerprint density at radius 1 is 1.10 bits per heavy atom. The van der Waals surface area contributed by atoms with Crippen LogP contribution >= 0.6 is 15.9 Å². The molecule has 0 N–H and O–H groups in total. The Morgan fingerprint density at radius 2 is 1.71 bits per heavy atom. The molecule has 0 amide bonds. The first-order chi connectivity index (χ1) is 14.6. The number of carbonyl (C=O) groups excluding carboxylic acids is 3. The van der Waals surface area contributed by atoms with Gasteiger partial charge < -0.3 is 23.5 Å². The molecule has 0 saturated carbocycles. The number of halogens is 1. The van der Waals surface area contributed by atoms with E-state index in [0.29, 0.717) is 15.4 Å². The SMILES string of the molecule is CC(=O)O[C@@H]1[C@H](OC(C)=O)[C@@H](OC(C)=O)CO[C@H]1n1ccc2cc(Br)c([N+](=O)[O-])cc21. The zero-order chi connectivity index (χ0) is 22.9. The lowest BCUT2D eigenvalue weighted by atomic mass is 10.0. The van der Waals surface area contributed by atoms with E-state index in [1.54, 1.807) is 22.9 Å². The number of aromatic nitrogens is 1. The van der Waals surface area contributed by atoms with Crippen LogP contribution in [-0.4, -0.2) is 52.3 Å². The lowest BCUT2D eigenvalue weighted by Crippen LogP contribution is -2.55. The van der Waals surface area contributed by atoms with E-state index >= 15 is 0 Å². The van der Waals surface area contributed by atoms with Gasteiger partial charge in [-0.1, -0.05) is 0 Å². The van der Waals surface area contributed by atoms with Crippen molar-refractivity contribution >= 4 is 50.4 Å². The summed E-state index contributed by atoms with van der Waals surface area (Å²) < 4.78 is 23.6. The molecule has 1 aromatic carbocycles. The highest BCUT2D eigenvalue weighted by Crippen LogP contribution is 2.36. The van der Waals surface area contributed by atoms with E-state index in [1.807, 2.05) is 0 Å². The van der Waals surface area contributed by atoms with Crippen LogP contribution in [0.15, 0.2) is 28.9 Å². The third-order valence-electron chi connectivity index (χ3n) is 4.58. The first-order valence-electron chi connectivity index (χ1n) is 9.16. The van der Waals surface area contributed by atoms with Crippen molar-refractivity contribution in [3.05, 3.63) is 39.0 Å². The number of ether oxygens (including phenoxy) is 4. The van der Waals surface area contributed by atoms with Crippen molar-refractivity contribution in [1.29, 1.82) is 0 Å². The van der Waals surface area contributed by atoms with Crippen LogP contribution in [0.5, 0.6) is 0 Å². The van der Waals surface area contributed by atoms with Gasteiger partial charge in [0.25, 0.3) is 5.69 Å². The number of hydrogen-bond acceptors (Lipinski definition) is 9. The minimum atomic E-state index is -1.18. The fourth-order valence-corrected chi connectivity index (χ4v) is 3.99. The standard InChI is InChI=1S/C19H19BrN2O9/c1-9(23)29-16-8-28-19(18(31-11(3)25)17(16)30-10(2)24)21-5-4-12-6-13(20)15(22(26)27)7-14(12)21/h4-7,16-19H,8H2,1-3H3/t16-,17+,18+,19+/m0/s1. The van der Waals surface area contributed by atoms with E-state index in [4.69, 9.17) is 18.9 Å². The molecule has 1 aliphatic heterocycles. The van der Waals surface area contributed by atoms with Crippen LogP contribution in [-0.2, 0) is 33.3 Å². The van der Waals surface area contributed by atoms with E-state index in [0.717, 1.165) is 0 Å². The molecule has 1 aromatic heterocycles. The number of esters is 3. The van der Waals surface area contributed by atoms with Gasteiger partial charge in [-0.3, -0.25) is 24.5 Å². The van der Waals surface area contributed by atoms with Gasteiger partial charge >= 0.3 is 17.9 Å². The number of benzene rings is 1. The van der Waals surface area contributed by atoms with Crippen molar-refractivity contribution < 1.29 is 38.3 Å². The van der Waals surface area contributed by atoms with Crippen molar-refractivity contribution in [2.24, 2.45) is 0 Å². The van der Waals surface area contributed by atoms with E-state index in [9.17, 15) is 24.5 Å². The lowest BCUT2D eigenvalue weighted by Gasteiger charge is -2.41. The third-order valence-corrected chi connectivity index (χ3v) is 5.22. The highest BCUT2D eigenvalue weighted by Gasteiger charge is 2.47. The summed E-state index contributed by atoms with van der Waals surface area (Å²) in [4.78, 5) is 45.8. The van der Waals surface area contributed by atoms with Crippen LogP contribution in [0.1, 0.15) is 27.0 Å². The van der Waals surface area contributed by atoms with Crippen molar-refractivity contribution in [2.45, 2.75) is 45.3 Å². The Balaban J connectivity index is 2.09. The van der Waals surface area contributed by atoms with Crippen molar-refractivity contribution in [2.75, 3.05) is 6.61 Å². The van der Waals surface area contributed by atoms with Gasteiger partial charge in [0, 0.05) is 38.4 Å². The predicted molar refractivity (Wildman–Crippen MR) is 108 cm³/mol. The van der Waals surface area contributed by atoms with Crippen LogP contribution in [0.2, 0.25) is 0 Å². The van der Waals surface area contributed by atoms with Crippen LogP contribution in [0.25, 0.3) is 10.9 Å². The summed E-state index contributed by atoms with van der Waals surface area (Å²) in [7, 11) is 0. The first kappa shape index (κ1) is 22.7. The topological polar surface area (TPSA) is 136 Å². The second kappa shape index (κ2) is 9.02. The molecule has 2 heterocycles. The van der Waals surface area contributed by atoms with Gasteiger partial charge in [-0.2, -0.15) is 0 Å². The predicted octanol–water partition coefficient (Wildman–Crippen LogP) is 2.64. The minimum Gasteiger partial charge on any atom is -0.456 e. The molecule has 3 rings (SSSR count). The Hall–Kier alpha value is -2.99. The molecule has 2 aromatic rings. The highest BCUT2D eigenvalue weighted by molar-refractivity contribution is 9.10. The minimum absolute atomic E-state index is 0.155. The van der Waals surface area contributed by atoms with Crippen molar-refractivity contribution in [3.8, 4) is 0 Å². The van der Waals surface area contributed by atoms with Gasteiger partial charge in [0.2, 0.25) is 0 Å². The molecule has 0 radical (unpaired) electrons. The van der Waals surface area contributed by atoms with Crippen LogP contribution < -0.4 is 0 Å². The van der Waals surface area contributed by atoms with Gasteiger partial charge in [-0.05, 0) is 28.1 Å². The summed E-state index contributed by atoms with van der Waals surface area (Å²) in [5, 5.41) is 12.0. The third kappa shape index (κ3) is 4.85. The molecule has 1 fully saturated rings. The Bertz CT molecular complexity index is 1050. The number of nitrogens with zero attached hydrogens (tertiary/aromatic N) is 2. The normalized spacial score (nSPS) is 23.2. The first-order valence-corrected chi connectivity index (χ1v) is 9.95. The zero-order valence-electron chi connectivity index (χ0n) is 16.8. The van der Waals surface area contributed by atoms with Crippen molar-refractivity contribution in [3.63, 3.8) is 0 Å². The van der Waals surface area contributed by atoms with Crippen molar-refractivity contribution in [1.82, 2.24) is 4.57 Å². The molecule has 31 heavy (non-hydrogen) atoms. The summed E-state index contributed by atoms with van der Waals surface area (Å²) in [5.41, 5.74) is 0.270. The van der Waals surface area contributed by atoms with Crippen LogP contribution in [0.4, 0.5) is 5.69 Å². The van der Waals surface area contributed by atoms with Gasteiger partial charge in [-0.15, -0.1) is 0 Å². The van der Waals surface area contributed by atoms with E-state index in [2.05, 4.69) is 15.9 Å². The van der Waals surface area contributed by atoms with Gasteiger partial charge in [-0.25, -0.2) is 0 Å². The van der Waals surface area contributed by atoms with Gasteiger partial charge in [0.15, 0.2) is 24.5 Å². The summed E-state index contributed by atoms with van der Waals surface area (Å²) in [6.07, 6.45) is -2.73. The number of carbonyl (C=O) groups is 3. The number of nitro groups is 1. The van der Waals surface area contributed by atoms with Gasteiger partial charge in [0.1, 0.15) is 0 Å². The quantitative estimate of drug-likeness (QED) is 0.263. The summed E-state index contributed by atoms with van der Waals surface area (Å²) in [5.74, 6) is -1.97. The maximum absolute atomic E-state index is 11.8. The summed E-state index contributed by atoms with van der Waals surface area (Å²) in [6, 6.07) is 4.64. The average Bonchev–Trinajstić information content (AvgIpc) is 3.05. The fourth-order valence-electron chi connectivity index (χ4n) is 3.49. The number of nitro benzene ring substituents is 1. The molecule has 0 aliphatic carbocycles. The molecule has 166 valence electrons. The molecule has 12 heteroatoms. The largest absolute Gasteiger partial charge is 0.456 e. The summed E-state index contributed by atoms with van der Waals surface area (Å²) in [6.45, 7) is 3.38. The van der Waals surface area contributed by atoms with Crippen LogP contribution in [0.3, 0.4) is 0 Å². The Morgan fingerprint density at radius 3 is 2.29 bits per heavy atom. The van der Waals surface area contributed by atoms with E-state index < -0.39 is 47.4 Å². The zero-order valence-corrected chi connectivity index (χ0v) is 18.4. The Labute approximate surface area is 184 Å². The van der Waals surface area contributed by atoms with E-state index in [1.165, 1.54) is 26.8 Å². The molecule has 4 atom stereocenters. The maximum atomic E-state index is 11.8. The molecular formula is C19H19BrN2O9. The molecule has 0 unspecified atom stereocenters. The average molecular weight is 499 g/mol. The van der Waals surface area contributed by atoms with Crippen LogP contribution in [0, 0.1) is 10.1 Å². The molecule has 0 spiro atoms. The molecule has 1 saturated heterocycles. The number of fused-ring (bicyclic) bond motifs is 1. The number of hydrogen-bond donors (Lipinski definition) is 0. The molecular weight excluding hydrogens is 480 g/mol. The van der Waals surface area contributed by atoms with E-state index in [-0.39, 0.29) is 12.3 Å². The highest BCUT2D eigenvalue weighted by atomic mass is 79.9. The fraction of sp³-hybridized carbons (Fsp3) is 0.421. The second-order valence-electron chi connectivity index (χ2n) is 6.86. The molecule has 1 aliphatic rings. The summed E-state index contributed by atoms with van der Waals surface area (Å²) >= 11 is 3.18.